The summed E-state index contributed by atoms with van der Waals surface area (Å²) in [4.78, 5) is 12.1. The van der Waals surface area contributed by atoms with Gasteiger partial charge in [-0.15, -0.1) is 5.10 Å². The van der Waals surface area contributed by atoms with Gasteiger partial charge in [0.05, 0.1) is 17.7 Å². The number of hydrogen-bond donors (Lipinski definition) is 2. The Balaban J connectivity index is 1.68. The number of aryl methyl sites for hydroxylation is 1. The first-order valence-electron chi connectivity index (χ1n) is 7.42. The second-order valence-electron chi connectivity index (χ2n) is 5.91. The number of benzene rings is 1. The first-order chi connectivity index (χ1) is 10.6. The molecule has 0 atom stereocenters. The SMILES string of the molecule is Cc1cc(NC(=O)CC2(O)CCCC2)ccc1-n1cnnn1. The Labute approximate surface area is 128 Å². The lowest BCUT2D eigenvalue weighted by Gasteiger charge is -2.21. The minimum absolute atomic E-state index is 0.154. The largest absolute Gasteiger partial charge is 0.389 e. The number of aliphatic hydroxyl groups is 1. The van der Waals surface area contributed by atoms with Gasteiger partial charge in [0, 0.05) is 5.69 Å². The Morgan fingerprint density at radius 3 is 2.82 bits per heavy atom. The summed E-state index contributed by atoms with van der Waals surface area (Å²) < 4.78 is 1.57. The van der Waals surface area contributed by atoms with Gasteiger partial charge in [0.2, 0.25) is 5.91 Å². The lowest BCUT2D eigenvalue weighted by atomic mass is 9.97. The molecule has 1 aliphatic carbocycles. The van der Waals surface area contributed by atoms with Crippen LogP contribution >= 0.6 is 0 Å². The molecular weight excluding hydrogens is 282 g/mol. The van der Waals surface area contributed by atoms with Crippen LogP contribution in [0.4, 0.5) is 5.69 Å². The van der Waals surface area contributed by atoms with Crippen LogP contribution in [0.25, 0.3) is 5.69 Å². The van der Waals surface area contributed by atoms with Crippen molar-refractivity contribution >= 4 is 11.6 Å². The van der Waals surface area contributed by atoms with Crippen molar-refractivity contribution in [1.29, 1.82) is 0 Å². The van der Waals surface area contributed by atoms with Crippen molar-refractivity contribution in [3.8, 4) is 5.69 Å². The summed E-state index contributed by atoms with van der Waals surface area (Å²) in [5, 5.41) is 24.2. The number of nitrogens with one attached hydrogen (secondary N) is 1. The quantitative estimate of drug-likeness (QED) is 0.895. The number of amides is 1. The molecule has 2 aromatic rings. The van der Waals surface area contributed by atoms with Gasteiger partial charge in [-0.3, -0.25) is 4.79 Å². The molecule has 1 saturated carbocycles. The summed E-state index contributed by atoms with van der Waals surface area (Å²) in [7, 11) is 0. The van der Waals surface area contributed by atoms with E-state index in [-0.39, 0.29) is 12.3 Å². The van der Waals surface area contributed by atoms with Gasteiger partial charge in [-0.2, -0.15) is 0 Å². The molecule has 1 aromatic heterocycles. The molecule has 3 rings (SSSR count). The predicted octanol–water partition coefficient (Wildman–Crippen LogP) is 1.60. The highest BCUT2D eigenvalue weighted by Gasteiger charge is 2.33. The molecule has 7 nitrogen and oxygen atoms in total. The van der Waals surface area contributed by atoms with Gasteiger partial charge < -0.3 is 10.4 Å². The van der Waals surface area contributed by atoms with E-state index in [9.17, 15) is 9.90 Å². The van der Waals surface area contributed by atoms with Crippen molar-refractivity contribution in [2.75, 3.05) is 5.32 Å². The van der Waals surface area contributed by atoms with E-state index in [4.69, 9.17) is 0 Å². The van der Waals surface area contributed by atoms with E-state index >= 15 is 0 Å². The Hall–Kier alpha value is -2.28. The number of carbonyl (C=O) groups is 1. The third-order valence-electron chi connectivity index (χ3n) is 4.10. The van der Waals surface area contributed by atoms with Gasteiger partial charge in [-0.25, -0.2) is 4.68 Å². The number of carbonyl (C=O) groups excluding carboxylic acids is 1. The topological polar surface area (TPSA) is 92.9 Å². The fourth-order valence-corrected chi connectivity index (χ4v) is 2.98. The van der Waals surface area contributed by atoms with Crippen molar-refractivity contribution in [2.45, 2.75) is 44.6 Å². The number of aromatic nitrogens is 4. The van der Waals surface area contributed by atoms with Gasteiger partial charge in [0.25, 0.3) is 0 Å². The fourth-order valence-electron chi connectivity index (χ4n) is 2.98. The molecule has 0 spiro atoms. The van der Waals surface area contributed by atoms with Crippen molar-refractivity contribution < 1.29 is 9.90 Å². The predicted molar refractivity (Wildman–Crippen MR) is 80.6 cm³/mol. The molecule has 0 bridgehead atoms. The van der Waals surface area contributed by atoms with E-state index in [0.717, 1.165) is 24.1 Å². The molecular formula is C15H19N5O2. The van der Waals surface area contributed by atoms with Crippen molar-refractivity contribution in [1.82, 2.24) is 20.2 Å². The zero-order chi connectivity index (χ0) is 15.6. The van der Waals surface area contributed by atoms with Crippen molar-refractivity contribution in [2.24, 2.45) is 0 Å². The fraction of sp³-hybridized carbons (Fsp3) is 0.467. The van der Waals surface area contributed by atoms with Crippen LogP contribution in [0, 0.1) is 6.92 Å². The Bertz CT molecular complexity index is 663. The highest BCUT2D eigenvalue weighted by molar-refractivity contribution is 5.91. The van der Waals surface area contributed by atoms with Crippen LogP contribution in [0.2, 0.25) is 0 Å². The third kappa shape index (κ3) is 3.14. The smallest absolute Gasteiger partial charge is 0.227 e. The van der Waals surface area contributed by atoms with Crippen LogP contribution in [0.3, 0.4) is 0 Å². The number of rotatable bonds is 4. The average molecular weight is 301 g/mol. The van der Waals surface area contributed by atoms with Crippen LogP contribution in [-0.4, -0.2) is 36.8 Å². The van der Waals surface area contributed by atoms with Gasteiger partial charge in [-0.1, -0.05) is 12.8 Å². The van der Waals surface area contributed by atoms with E-state index in [2.05, 4.69) is 20.8 Å². The van der Waals surface area contributed by atoms with Crippen molar-refractivity contribution in [3.63, 3.8) is 0 Å². The minimum Gasteiger partial charge on any atom is -0.389 e. The number of nitrogens with zero attached hydrogens (tertiary/aromatic N) is 4. The summed E-state index contributed by atoms with van der Waals surface area (Å²) in [6, 6.07) is 5.53. The van der Waals surface area contributed by atoms with E-state index in [0.29, 0.717) is 18.5 Å². The summed E-state index contributed by atoms with van der Waals surface area (Å²) in [5.74, 6) is -0.154. The van der Waals surface area contributed by atoms with E-state index < -0.39 is 5.60 Å². The Morgan fingerprint density at radius 1 is 1.41 bits per heavy atom. The monoisotopic (exact) mass is 301 g/mol. The molecule has 0 saturated heterocycles. The number of hydrogen-bond acceptors (Lipinski definition) is 5. The molecule has 116 valence electrons. The first-order valence-corrected chi connectivity index (χ1v) is 7.42. The summed E-state index contributed by atoms with van der Waals surface area (Å²) in [6.07, 6.45) is 5.07. The standard InChI is InChI=1S/C15H19N5O2/c1-11-8-12(4-5-13(11)20-10-16-18-19-20)17-14(21)9-15(22)6-2-3-7-15/h4-5,8,10,22H,2-3,6-7,9H2,1H3,(H,17,21). The van der Waals surface area contributed by atoms with E-state index in [1.807, 2.05) is 19.1 Å². The first kappa shape index (κ1) is 14.6. The molecule has 0 aliphatic heterocycles. The highest BCUT2D eigenvalue weighted by Crippen LogP contribution is 2.32. The van der Waals surface area contributed by atoms with Gasteiger partial charge >= 0.3 is 0 Å². The normalized spacial score (nSPS) is 16.6. The zero-order valence-electron chi connectivity index (χ0n) is 12.5. The molecule has 0 radical (unpaired) electrons. The molecule has 7 heteroatoms. The molecule has 1 amide bonds. The molecule has 2 N–H and O–H groups in total. The summed E-state index contributed by atoms with van der Waals surface area (Å²) in [6.45, 7) is 1.93. The third-order valence-corrected chi connectivity index (χ3v) is 4.10. The molecule has 0 unspecified atom stereocenters. The minimum atomic E-state index is -0.828. The second-order valence-corrected chi connectivity index (χ2v) is 5.91. The molecule has 1 aromatic carbocycles. The zero-order valence-corrected chi connectivity index (χ0v) is 12.5. The summed E-state index contributed by atoms with van der Waals surface area (Å²) in [5.41, 5.74) is 1.69. The highest BCUT2D eigenvalue weighted by atomic mass is 16.3. The Kier molecular flexibility index (Phi) is 3.89. The lowest BCUT2D eigenvalue weighted by molar-refractivity contribution is -0.120. The summed E-state index contributed by atoms with van der Waals surface area (Å²) >= 11 is 0. The maximum Gasteiger partial charge on any atom is 0.227 e. The maximum absolute atomic E-state index is 12.1. The second kappa shape index (κ2) is 5.84. The number of anilines is 1. The van der Waals surface area contributed by atoms with Crippen LogP contribution in [0.15, 0.2) is 24.5 Å². The van der Waals surface area contributed by atoms with E-state index in [1.165, 1.54) is 6.33 Å². The average Bonchev–Trinajstić information content (AvgIpc) is 3.10. The van der Waals surface area contributed by atoms with Crippen molar-refractivity contribution in [3.05, 3.63) is 30.1 Å². The van der Waals surface area contributed by atoms with E-state index in [1.54, 1.807) is 10.7 Å². The van der Waals surface area contributed by atoms with Crippen LogP contribution in [-0.2, 0) is 4.79 Å². The van der Waals surface area contributed by atoms with Gasteiger partial charge in [-0.05, 0) is 54.0 Å². The van der Waals surface area contributed by atoms with Gasteiger partial charge in [0.1, 0.15) is 6.33 Å². The van der Waals surface area contributed by atoms with Crippen LogP contribution < -0.4 is 5.32 Å². The Morgan fingerprint density at radius 2 is 2.18 bits per heavy atom. The lowest BCUT2D eigenvalue weighted by Crippen LogP contribution is -2.30. The molecule has 1 fully saturated rings. The van der Waals surface area contributed by atoms with Crippen LogP contribution in [0.1, 0.15) is 37.7 Å². The molecule has 1 aliphatic rings. The molecule has 22 heavy (non-hydrogen) atoms. The number of tetrazole rings is 1. The molecule has 1 heterocycles. The maximum atomic E-state index is 12.1. The van der Waals surface area contributed by atoms with Crippen LogP contribution in [0.5, 0.6) is 0 Å². The van der Waals surface area contributed by atoms with Gasteiger partial charge in [0.15, 0.2) is 0 Å².